The molecule has 4 rings (SSSR count). The van der Waals surface area contributed by atoms with Crippen LogP contribution in [0, 0.1) is 5.92 Å². The maximum absolute atomic E-state index is 6.03. The Morgan fingerprint density at radius 1 is 1.15 bits per heavy atom. The van der Waals surface area contributed by atoms with E-state index in [9.17, 15) is 0 Å². The lowest BCUT2D eigenvalue weighted by Crippen LogP contribution is -2.35. The van der Waals surface area contributed by atoms with Gasteiger partial charge in [0, 0.05) is 50.5 Å². The second-order valence-corrected chi connectivity index (χ2v) is 7.59. The van der Waals surface area contributed by atoms with Crippen molar-refractivity contribution in [3.8, 4) is 5.75 Å². The van der Waals surface area contributed by atoms with Gasteiger partial charge >= 0.3 is 0 Å². The summed E-state index contributed by atoms with van der Waals surface area (Å²) >= 11 is 0. The highest BCUT2D eigenvalue weighted by molar-refractivity contribution is 5.28. The summed E-state index contributed by atoms with van der Waals surface area (Å²) in [5, 5.41) is 4.82. The molecule has 1 saturated carbocycles. The summed E-state index contributed by atoms with van der Waals surface area (Å²) in [6.45, 7) is 7.67. The van der Waals surface area contributed by atoms with Crippen LogP contribution in [0.2, 0.25) is 0 Å². The number of aryl methyl sites for hydroxylation is 1. The number of aromatic nitrogens is 2. The summed E-state index contributed by atoms with van der Waals surface area (Å²) < 4.78 is 13.4. The average molecular weight is 355 g/mol. The van der Waals surface area contributed by atoms with E-state index in [1.165, 1.54) is 29.7 Å². The Morgan fingerprint density at radius 2 is 1.96 bits per heavy atom. The summed E-state index contributed by atoms with van der Waals surface area (Å²) in [4.78, 5) is 2.51. The maximum atomic E-state index is 6.03. The van der Waals surface area contributed by atoms with Gasteiger partial charge in [0.2, 0.25) is 0 Å². The summed E-state index contributed by atoms with van der Waals surface area (Å²) in [5.74, 6) is 2.08. The van der Waals surface area contributed by atoms with Crippen molar-refractivity contribution in [1.82, 2.24) is 14.7 Å². The van der Waals surface area contributed by atoms with Crippen molar-refractivity contribution in [3.63, 3.8) is 0 Å². The molecule has 1 aromatic carbocycles. The summed E-state index contributed by atoms with van der Waals surface area (Å²) in [6, 6.07) is 8.39. The lowest BCUT2D eigenvalue weighted by molar-refractivity contribution is 0.0881. The Balaban J connectivity index is 1.45. The zero-order chi connectivity index (χ0) is 17.9. The molecule has 26 heavy (non-hydrogen) atoms. The highest BCUT2D eigenvalue weighted by Crippen LogP contribution is 2.31. The first-order valence-corrected chi connectivity index (χ1v) is 9.74. The van der Waals surface area contributed by atoms with Crippen molar-refractivity contribution in [2.75, 3.05) is 26.9 Å². The number of methoxy groups -OCH3 is 1. The van der Waals surface area contributed by atoms with Gasteiger partial charge in [-0.3, -0.25) is 9.58 Å². The molecule has 0 N–H and O–H groups in total. The Morgan fingerprint density at radius 3 is 2.65 bits per heavy atom. The van der Waals surface area contributed by atoms with Crippen molar-refractivity contribution in [1.29, 1.82) is 0 Å². The SMILES string of the molecule is CCn1cc2c(n1)[C@@H](COCC1CC1)CN(Cc1ccc(OC)cc1)C2. The molecule has 0 spiro atoms. The molecule has 1 aliphatic heterocycles. The smallest absolute Gasteiger partial charge is 0.118 e. The Kier molecular flexibility index (Phi) is 5.27. The second kappa shape index (κ2) is 7.80. The van der Waals surface area contributed by atoms with Gasteiger partial charge in [0.05, 0.1) is 19.4 Å². The van der Waals surface area contributed by atoms with E-state index in [0.29, 0.717) is 5.92 Å². The van der Waals surface area contributed by atoms with Gasteiger partial charge in [0.1, 0.15) is 5.75 Å². The Hall–Kier alpha value is -1.85. The predicted octanol–water partition coefficient (Wildman–Crippen LogP) is 3.44. The molecule has 0 radical (unpaired) electrons. The molecule has 2 aliphatic rings. The normalized spacial score (nSPS) is 20.2. The first kappa shape index (κ1) is 17.6. The minimum absolute atomic E-state index is 0.364. The zero-order valence-electron chi connectivity index (χ0n) is 15.9. The minimum atomic E-state index is 0.364. The molecule has 0 bridgehead atoms. The summed E-state index contributed by atoms with van der Waals surface area (Å²) in [7, 11) is 1.71. The molecule has 5 heteroatoms. The van der Waals surface area contributed by atoms with Crippen LogP contribution in [0.5, 0.6) is 5.75 Å². The van der Waals surface area contributed by atoms with Crippen LogP contribution >= 0.6 is 0 Å². The van der Waals surface area contributed by atoms with Gasteiger partial charge in [-0.1, -0.05) is 12.1 Å². The van der Waals surface area contributed by atoms with Gasteiger partial charge < -0.3 is 9.47 Å². The first-order valence-electron chi connectivity index (χ1n) is 9.74. The Labute approximate surface area is 155 Å². The quantitative estimate of drug-likeness (QED) is 0.727. The first-order chi connectivity index (χ1) is 12.7. The van der Waals surface area contributed by atoms with E-state index in [-0.39, 0.29) is 0 Å². The number of hydrogen-bond donors (Lipinski definition) is 0. The monoisotopic (exact) mass is 355 g/mol. The van der Waals surface area contributed by atoms with Crippen LogP contribution < -0.4 is 4.74 Å². The van der Waals surface area contributed by atoms with Crippen LogP contribution in [-0.2, 0) is 24.4 Å². The molecule has 1 aliphatic carbocycles. The van der Waals surface area contributed by atoms with E-state index < -0.39 is 0 Å². The number of ether oxygens (including phenoxy) is 2. The molecule has 0 saturated heterocycles. The van der Waals surface area contributed by atoms with E-state index >= 15 is 0 Å². The van der Waals surface area contributed by atoms with Gasteiger partial charge in [0.25, 0.3) is 0 Å². The third-order valence-corrected chi connectivity index (χ3v) is 5.39. The fourth-order valence-corrected chi connectivity index (χ4v) is 3.71. The molecular formula is C21H29N3O2. The fraction of sp³-hybridized carbons (Fsp3) is 0.571. The third-order valence-electron chi connectivity index (χ3n) is 5.39. The van der Waals surface area contributed by atoms with Gasteiger partial charge in [-0.15, -0.1) is 0 Å². The molecule has 5 nitrogen and oxygen atoms in total. The zero-order valence-corrected chi connectivity index (χ0v) is 15.9. The number of benzene rings is 1. The lowest BCUT2D eigenvalue weighted by Gasteiger charge is -2.32. The van der Waals surface area contributed by atoms with E-state index in [1.54, 1.807) is 7.11 Å². The molecule has 0 amide bonds. The van der Waals surface area contributed by atoms with Crippen LogP contribution in [0.25, 0.3) is 0 Å². The molecule has 1 fully saturated rings. The van der Waals surface area contributed by atoms with Crippen LogP contribution in [0.4, 0.5) is 0 Å². The van der Waals surface area contributed by atoms with Crippen molar-refractivity contribution >= 4 is 0 Å². The van der Waals surface area contributed by atoms with E-state index in [0.717, 1.165) is 51.1 Å². The van der Waals surface area contributed by atoms with Crippen LogP contribution in [0.15, 0.2) is 30.5 Å². The second-order valence-electron chi connectivity index (χ2n) is 7.59. The minimum Gasteiger partial charge on any atom is -0.497 e. The van der Waals surface area contributed by atoms with Crippen molar-refractivity contribution in [2.45, 2.75) is 45.3 Å². The number of rotatable bonds is 8. The van der Waals surface area contributed by atoms with E-state index in [1.807, 2.05) is 12.1 Å². The molecule has 140 valence electrons. The number of hydrogen-bond acceptors (Lipinski definition) is 4. The number of fused-ring (bicyclic) bond motifs is 1. The lowest BCUT2D eigenvalue weighted by atomic mass is 9.97. The van der Waals surface area contributed by atoms with Crippen molar-refractivity contribution in [2.24, 2.45) is 5.92 Å². The highest BCUT2D eigenvalue weighted by atomic mass is 16.5. The number of nitrogens with zero attached hydrogens (tertiary/aromatic N) is 3. The van der Waals surface area contributed by atoms with Crippen molar-refractivity contribution in [3.05, 3.63) is 47.3 Å². The van der Waals surface area contributed by atoms with E-state index in [2.05, 4.69) is 34.8 Å². The molecule has 2 aromatic rings. The maximum Gasteiger partial charge on any atom is 0.118 e. The topological polar surface area (TPSA) is 39.5 Å². The fourth-order valence-electron chi connectivity index (χ4n) is 3.71. The van der Waals surface area contributed by atoms with E-state index in [4.69, 9.17) is 14.6 Å². The van der Waals surface area contributed by atoms with Gasteiger partial charge in [-0.25, -0.2) is 0 Å². The van der Waals surface area contributed by atoms with Crippen LogP contribution in [0.3, 0.4) is 0 Å². The largest absolute Gasteiger partial charge is 0.497 e. The highest BCUT2D eigenvalue weighted by Gasteiger charge is 2.29. The summed E-state index contributed by atoms with van der Waals surface area (Å²) in [5.41, 5.74) is 3.91. The Bertz CT molecular complexity index is 721. The van der Waals surface area contributed by atoms with Gasteiger partial charge in [0.15, 0.2) is 0 Å². The van der Waals surface area contributed by atoms with Crippen molar-refractivity contribution < 1.29 is 9.47 Å². The standard InChI is InChI=1S/C21H29N3O2/c1-3-24-13-18-11-23(10-16-6-8-20(25-2)9-7-16)12-19(21(18)22-24)15-26-14-17-4-5-17/h6-9,13,17,19H,3-5,10-12,14-15H2,1-2H3/t19-/m1/s1. The molecule has 1 atom stereocenters. The van der Waals surface area contributed by atoms with Gasteiger partial charge in [-0.05, 0) is 43.4 Å². The van der Waals surface area contributed by atoms with Crippen LogP contribution in [0.1, 0.15) is 42.5 Å². The summed E-state index contributed by atoms with van der Waals surface area (Å²) in [6.07, 6.45) is 4.89. The molecule has 2 heterocycles. The predicted molar refractivity (Wildman–Crippen MR) is 101 cm³/mol. The third kappa shape index (κ3) is 4.10. The molecule has 1 aromatic heterocycles. The van der Waals surface area contributed by atoms with Crippen LogP contribution in [-0.4, -0.2) is 41.5 Å². The molecule has 0 unspecified atom stereocenters. The average Bonchev–Trinajstić information content (AvgIpc) is 3.39. The van der Waals surface area contributed by atoms with Gasteiger partial charge in [-0.2, -0.15) is 5.10 Å². The molecular weight excluding hydrogens is 326 g/mol.